The fourth-order valence-corrected chi connectivity index (χ4v) is 3.22. The topological polar surface area (TPSA) is 50.8 Å². The lowest BCUT2D eigenvalue weighted by Crippen LogP contribution is -2.42. The zero-order chi connectivity index (χ0) is 17.6. The fraction of sp³-hybridized carbons (Fsp3) is 0.588. The van der Waals surface area contributed by atoms with Crippen molar-refractivity contribution in [2.45, 2.75) is 39.8 Å². The zero-order valence-electron chi connectivity index (χ0n) is 14.8. The van der Waals surface area contributed by atoms with Gasteiger partial charge in [-0.2, -0.15) is 0 Å². The third-order valence-electron chi connectivity index (χ3n) is 3.70. The minimum Gasteiger partial charge on any atom is -0.493 e. The summed E-state index contributed by atoms with van der Waals surface area (Å²) in [5.41, 5.74) is 0.601. The smallest absolute Gasteiger partial charge is 0.252 e. The molecule has 6 heteroatoms. The molecule has 0 atom stereocenters. The Labute approximate surface area is 152 Å². The van der Waals surface area contributed by atoms with Crippen molar-refractivity contribution >= 4 is 28.5 Å². The summed E-state index contributed by atoms with van der Waals surface area (Å²) in [6.07, 6.45) is 0. The van der Waals surface area contributed by atoms with E-state index in [0.29, 0.717) is 35.7 Å². The summed E-state index contributed by atoms with van der Waals surface area (Å²) < 4.78 is 11.4. The van der Waals surface area contributed by atoms with Gasteiger partial charge in [0.15, 0.2) is 11.5 Å². The number of halogens is 1. The van der Waals surface area contributed by atoms with Crippen LogP contribution in [0, 0.1) is 3.57 Å². The largest absolute Gasteiger partial charge is 0.493 e. The molecule has 0 aliphatic carbocycles. The van der Waals surface area contributed by atoms with Crippen molar-refractivity contribution in [3.63, 3.8) is 0 Å². The highest BCUT2D eigenvalue weighted by molar-refractivity contribution is 14.1. The molecular formula is C17H27IN2O3. The zero-order valence-corrected chi connectivity index (χ0v) is 16.9. The van der Waals surface area contributed by atoms with E-state index in [2.05, 4.69) is 60.5 Å². The maximum Gasteiger partial charge on any atom is 0.252 e. The van der Waals surface area contributed by atoms with Gasteiger partial charge in [-0.15, -0.1) is 0 Å². The number of amides is 1. The third-order valence-corrected chi connectivity index (χ3v) is 4.59. The van der Waals surface area contributed by atoms with E-state index in [-0.39, 0.29) is 5.91 Å². The van der Waals surface area contributed by atoms with Gasteiger partial charge in [-0.05, 0) is 62.4 Å². The first-order chi connectivity index (χ1) is 10.8. The van der Waals surface area contributed by atoms with Crippen LogP contribution in [0.25, 0.3) is 0 Å². The number of hydrogen-bond donors (Lipinski definition) is 1. The summed E-state index contributed by atoms with van der Waals surface area (Å²) in [6.45, 7) is 10.1. The predicted molar refractivity (Wildman–Crippen MR) is 102 cm³/mol. The molecule has 5 nitrogen and oxygen atoms in total. The lowest BCUT2D eigenvalue weighted by molar-refractivity contribution is 0.0938. The van der Waals surface area contributed by atoms with Crippen LogP contribution in [-0.2, 0) is 0 Å². The molecule has 130 valence electrons. The van der Waals surface area contributed by atoms with Crippen molar-refractivity contribution in [1.29, 1.82) is 0 Å². The molecule has 0 saturated carbocycles. The van der Waals surface area contributed by atoms with Gasteiger partial charge in [-0.3, -0.25) is 9.69 Å². The van der Waals surface area contributed by atoms with Crippen molar-refractivity contribution in [3.8, 4) is 11.5 Å². The Bertz CT molecular complexity index is 525. The monoisotopic (exact) mass is 434 g/mol. The number of benzene rings is 1. The molecule has 0 aliphatic rings. The quantitative estimate of drug-likeness (QED) is 0.639. The van der Waals surface area contributed by atoms with Crippen LogP contribution < -0.4 is 14.8 Å². The minimum absolute atomic E-state index is 0.0946. The van der Waals surface area contributed by atoms with Crippen molar-refractivity contribution in [2.75, 3.05) is 27.3 Å². The molecule has 0 bridgehead atoms. The maximum absolute atomic E-state index is 12.4. The van der Waals surface area contributed by atoms with E-state index in [1.54, 1.807) is 20.3 Å². The van der Waals surface area contributed by atoms with Crippen LogP contribution in [0.5, 0.6) is 11.5 Å². The molecule has 1 N–H and O–H groups in total. The Morgan fingerprint density at radius 2 is 1.65 bits per heavy atom. The second-order valence-electron chi connectivity index (χ2n) is 5.87. The molecule has 1 rings (SSSR count). The summed E-state index contributed by atoms with van der Waals surface area (Å²) in [4.78, 5) is 14.8. The SMILES string of the molecule is COc1cc(I)c(C(=O)NCCN(C(C)C)C(C)C)cc1OC. The van der Waals surface area contributed by atoms with E-state index in [1.807, 2.05) is 6.07 Å². The van der Waals surface area contributed by atoms with Gasteiger partial charge in [-0.25, -0.2) is 0 Å². The number of methoxy groups -OCH3 is 2. The van der Waals surface area contributed by atoms with Gasteiger partial charge < -0.3 is 14.8 Å². The molecule has 1 amide bonds. The van der Waals surface area contributed by atoms with E-state index in [9.17, 15) is 4.79 Å². The highest BCUT2D eigenvalue weighted by atomic mass is 127. The number of nitrogens with one attached hydrogen (secondary N) is 1. The van der Waals surface area contributed by atoms with Gasteiger partial charge >= 0.3 is 0 Å². The standard InChI is InChI=1S/C17H27IN2O3/c1-11(2)20(12(3)4)8-7-19-17(21)13-9-15(22-5)16(23-6)10-14(13)18/h9-12H,7-8H2,1-6H3,(H,19,21). The van der Waals surface area contributed by atoms with Gasteiger partial charge in [-0.1, -0.05) is 0 Å². The van der Waals surface area contributed by atoms with Crippen LogP contribution in [-0.4, -0.2) is 50.2 Å². The molecule has 0 aromatic heterocycles. The van der Waals surface area contributed by atoms with Gasteiger partial charge in [0.05, 0.1) is 19.8 Å². The Balaban J connectivity index is 2.75. The number of carbonyl (C=O) groups excluding carboxylic acids is 1. The first kappa shape index (κ1) is 20.0. The van der Waals surface area contributed by atoms with Crippen LogP contribution in [0.4, 0.5) is 0 Å². The summed E-state index contributed by atoms with van der Waals surface area (Å²) in [6, 6.07) is 4.43. The van der Waals surface area contributed by atoms with E-state index in [0.717, 1.165) is 10.1 Å². The van der Waals surface area contributed by atoms with Crippen LogP contribution >= 0.6 is 22.6 Å². The highest BCUT2D eigenvalue weighted by Gasteiger charge is 2.17. The molecule has 1 aromatic rings. The van der Waals surface area contributed by atoms with Crippen LogP contribution in [0.3, 0.4) is 0 Å². The second kappa shape index (κ2) is 9.32. The van der Waals surface area contributed by atoms with Crippen molar-refractivity contribution in [2.24, 2.45) is 0 Å². The van der Waals surface area contributed by atoms with Gasteiger partial charge in [0.2, 0.25) is 0 Å². The van der Waals surface area contributed by atoms with E-state index in [1.165, 1.54) is 0 Å². The number of hydrogen-bond acceptors (Lipinski definition) is 4. The first-order valence-electron chi connectivity index (χ1n) is 7.77. The fourth-order valence-electron chi connectivity index (χ4n) is 2.53. The minimum atomic E-state index is -0.0946. The Hall–Kier alpha value is -1.02. The average molecular weight is 434 g/mol. The molecular weight excluding hydrogens is 407 g/mol. The Morgan fingerprint density at radius 1 is 1.13 bits per heavy atom. The van der Waals surface area contributed by atoms with Crippen LogP contribution in [0.2, 0.25) is 0 Å². The summed E-state index contributed by atoms with van der Waals surface area (Å²) in [5.74, 6) is 1.09. The second-order valence-corrected chi connectivity index (χ2v) is 7.03. The molecule has 23 heavy (non-hydrogen) atoms. The maximum atomic E-state index is 12.4. The number of ether oxygens (including phenoxy) is 2. The van der Waals surface area contributed by atoms with E-state index in [4.69, 9.17) is 9.47 Å². The number of rotatable bonds is 8. The third kappa shape index (κ3) is 5.53. The first-order valence-corrected chi connectivity index (χ1v) is 8.85. The molecule has 0 unspecified atom stereocenters. The molecule has 0 spiro atoms. The van der Waals surface area contributed by atoms with Crippen LogP contribution in [0.1, 0.15) is 38.1 Å². The summed E-state index contributed by atoms with van der Waals surface area (Å²) >= 11 is 2.14. The van der Waals surface area contributed by atoms with Crippen LogP contribution in [0.15, 0.2) is 12.1 Å². The molecule has 0 aliphatic heterocycles. The van der Waals surface area contributed by atoms with Gasteiger partial charge in [0.25, 0.3) is 5.91 Å². The molecule has 0 radical (unpaired) electrons. The number of nitrogens with zero attached hydrogens (tertiary/aromatic N) is 1. The molecule has 0 saturated heterocycles. The lowest BCUT2D eigenvalue weighted by Gasteiger charge is -2.30. The molecule has 1 aromatic carbocycles. The Kier molecular flexibility index (Phi) is 8.11. The van der Waals surface area contributed by atoms with Crippen molar-refractivity contribution in [1.82, 2.24) is 10.2 Å². The molecule has 0 heterocycles. The normalized spacial score (nSPS) is 11.2. The lowest BCUT2D eigenvalue weighted by atomic mass is 10.2. The summed E-state index contributed by atoms with van der Waals surface area (Å²) in [5, 5.41) is 2.99. The number of carbonyl (C=O) groups is 1. The average Bonchev–Trinajstić information content (AvgIpc) is 2.49. The Morgan fingerprint density at radius 3 is 2.13 bits per heavy atom. The van der Waals surface area contributed by atoms with Crippen molar-refractivity contribution in [3.05, 3.63) is 21.3 Å². The summed E-state index contributed by atoms with van der Waals surface area (Å²) in [7, 11) is 3.15. The van der Waals surface area contributed by atoms with Crippen molar-refractivity contribution < 1.29 is 14.3 Å². The van der Waals surface area contributed by atoms with Gasteiger partial charge in [0, 0.05) is 28.7 Å². The predicted octanol–water partition coefficient (Wildman–Crippen LogP) is 3.16. The highest BCUT2D eigenvalue weighted by Crippen LogP contribution is 2.31. The van der Waals surface area contributed by atoms with Gasteiger partial charge in [0.1, 0.15) is 0 Å². The molecule has 0 fully saturated rings. The van der Waals surface area contributed by atoms with E-state index >= 15 is 0 Å². The van der Waals surface area contributed by atoms with E-state index < -0.39 is 0 Å².